The molecule has 1 fully saturated rings. The second kappa shape index (κ2) is 7.16. The van der Waals surface area contributed by atoms with Crippen LogP contribution >= 0.6 is 0 Å². The summed E-state index contributed by atoms with van der Waals surface area (Å²) in [5.41, 5.74) is 7.23. The summed E-state index contributed by atoms with van der Waals surface area (Å²) in [6, 6.07) is 8.43. The normalized spacial score (nSPS) is 16.1. The fraction of sp³-hybridized carbons (Fsp3) is 0.333. The van der Waals surface area contributed by atoms with Crippen molar-refractivity contribution in [3.8, 4) is 11.1 Å². The van der Waals surface area contributed by atoms with E-state index in [1.165, 1.54) is 24.3 Å². The Morgan fingerprint density at radius 3 is 2.52 bits per heavy atom. The van der Waals surface area contributed by atoms with Crippen LogP contribution in [0.25, 0.3) is 11.1 Å². The number of aliphatic hydroxyl groups excluding tert-OH is 2. The second-order valence-corrected chi connectivity index (χ2v) is 6.54. The summed E-state index contributed by atoms with van der Waals surface area (Å²) in [7, 11) is 0. The maximum Gasteiger partial charge on any atom is 0.418 e. The minimum absolute atomic E-state index is 0.0169. The van der Waals surface area contributed by atoms with Gasteiger partial charge in [0.2, 0.25) is 0 Å². The number of hydrogen-bond donors (Lipinski definition) is 3. The molecule has 1 heterocycles. The number of nitrogens with two attached hydrogens (primary N) is 1. The Balaban J connectivity index is 2.01. The van der Waals surface area contributed by atoms with Crippen molar-refractivity contribution < 1.29 is 23.4 Å². The topological polar surface area (TPSA) is 99.1 Å². The minimum atomic E-state index is -4.78. The van der Waals surface area contributed by atoms with E-state index in [2.05, 4.69) is 5.18 Å². The van der Waals surface area contributed by atoms with Gasteiger partial charge < -0.3 is 20.8 Å². The predicted molar refractivity (Wildman–Crippen MR) is 95.5 cm³/mol. The predicted octanol–water partition coefficient (Wildman–Crippen LogP) is 3.36. The van der Waals surface area contributed by atoms with Crippen molar-refractivity contribution in [2.24, 2.45) is 11.1 Å². The lowest BCUT2D eigenvalue weighted by atomic mass is 9.96. The van der Waals surface area contributed by atoms with E-state index >= 15 is 0 Å². The van der Waals surface area contributed by atoms with Gasteiger partial charge in [0.05, 0.1) is 11.4 Å². The van der Waals surface area contributed by atoms with E-state index in [9.17, 15) is 23.2 Å². The van der Waals surface area contributed by atoms with Crippen molar-refractivity contribution in [1.82, 2.24) is 0 Å². The summed E-state index contributed by atoms with van der Waals surface area (Å²) in [5.74, 6) is 0.103. The second-order valence-electron chi connectivity index (χ2n) is 6.54. The maximum absolute atomic E-state index is 12.8. The smallest absolute Gasteiger partial charge is 0.396 e. The van der Waals surface area contributed by atoms with Crippen LogP contribution in [0.2, 0.25) is 0 Å². The number of anilines is 2. The van der Waals surface area contributed by atoms with Gasteiger partial charge in [-0.1, -0.05) is 18.2 Å². The van der Waals surface area contributed by atoms with Gasteiger partial charge in [-0.15, -0.1) is 4.91 Å². The van der Waals surface area contributed by atoms with Gasteiger partial charge in [-0.3, -0.25) is 0 Å². The van der Waals surface area contributed by atoms with E-state index in [0.29, 0.717) is 29.9 Å². The summed E-state index contributed by atoms with van der Waals surface area (Å²) in [5, 5.41) is 21.5. The van der Waals surface area contributed by atoms with Crippen LogP contribution in [0.1, 0.15) is 11.7 Å². The quantitative estimate of drug-likeness (QED) is 0.545. The average molecular weight is 381 g/mol. The van der Waals surface area contributed by atoms with E-state index in [1.807, 2.05) is 4.90 Å². The molecule has 1 atom stereocenters. The maximum atomic E-state index is 12.8. The lowest BCUT2D eigenvalue weighted by Crippen LogP contribution is -2.48. The highest BCUT2D eigenvalue weighted by atomic mass is 19.4. The van der Waals surface area contributed by atoms with Crippen LogP contribution in [-0.4, -0.2) is 36.1 Å². The van der Waals surface area contributed by atoms with E-state index < -0.39 is 12.3 Å². The Hall–Kier alpha value is -2.65. The van der Waals surface area contributed by atoms with Crippen LogP contribution < -0.4 is 10.6 Å². The Kier molecular flexibility index (Phi) is 5.07. The number of alkyl halides is 3. The zero-order chi connectivity index (χ0) is 19.8. The van der Waals surface area contributed by atoms with Gasteiger partial charge in [0.15, 0.2) is 6.10 Å². The van der Waals surface area contributed by atoms with Crippen molar-refractivity contribution in [3.05, 3.63) is 46.9 Å². The van der Waals surface area contributed by atoms with E-state index in [4.69, 9.17) is 10.8 Å². The van der Waals surface area contributed by atoms with Crippen molar-refractivity contribution in [1.29, 1.82) is 0 Å². The van der Waals surface area contributed by atoms with E-state index in [1.54, 1.807) is 12.1 Å². The number of aliphatic hydroxyl groups is 2. The van der Waals surface area contributed by atoms with Gasteiger partial charge in [-0.05, 0) is 40.1 Å². The molecule has 144 valence electrons. The van der Waals surface area contributed by atoms with Gasteiger partial charge in [0, 0.05) is 25.6 Å². The van der Waals surface area contributed by atoms with Crippen molar-refractivity contribution in [2.45, 2.75) is 12.3 Å². The molecule has 27 heavy (non-hydrogen) atoms. The number of nitrogen functional groups attached to an aromatic ring is 1. The lowest BCUT2D eigenvalue weighted by Gasteiger charge is -2.41. The summed E-state index contributed by atoms with van der Waals surface area (Å²) >= 11 is 0. The zero-order valence-corrected chi connectivity index (χ0v) is 14.1. The fourth-order valence-corrected chi connectivity index (χ4v) is 3.09. The number of nitroso groups, excluding NO2 is 1. The molecule has 0 aliphatic carbocycles. The molecule has 0 bridgehead atoms. The van der Waals surface area contributed by atoms with Gasteiger partial charge in [0.1, 0.15) is 5.69 Å². The molecule has 9 heteroatoms. The molecule has 0 spiro atoms. The van der Waals surface area contributed by atoms with E-state index in [-0.39, 0.29) is 29.5 Å². The molecular formula is C18H18F3N3O3. The standard InChI is InChI=1S/C18H18F3N3O3/c19-18(20,21)17(26)12-3-1-2-11(4-12)13-5-14(23-27)16(22)15(6-13)24-7-10(8-24)9-25/h1-6,10,17,25-26H,7-9,22H2. The first kappa shape index (κ1) is 19.1. The number of rotatable bonds is 5. The first-order chi connectivity index (χ1) is 12.7. The molecule has 1 unspecified atom stereocenters. The number of nitrogens with zero attached hydrogens (tertiary/aromatic N) is 2. The monoisotopic (exact) mass is 381 g/mol. The molecule has 0 amide bonds. The molecule has 0 saturated carbocycles. The fourth-order valence-electron chi connectivity index (χ4n) is 3.09. The third kappa shape index (κ3) is 3.74. The minimum Gasteiger partial charge on any atom is -0.396 e. The largest absolute Gasteiger partial charge is 0.418 e. The van der Waals surface area contributed by atoms with Crippen molar-refractivity contribution >= 4 is 17.1 Å². The average Bonchev–Trinajstić information content (AvgIpc) is 2.60. The third-order valence-electron chi connectivity index (χ3n) is 4.64. The third-order valence-corrected chi connectivity index (χ3v) is 4.64. The molecule has 2 aromatic rings. The highest BCUT2D eigenvalue weighted by Gasteiger charge is 2.39. The molecule has 1 aliphatic rings. The van der Waals surface area contributed by atoms with Crippen LogP contribution in [0.3, 0.4) is 0 Å². The zero-order valence-electron chi connectivity index (χ0n) is 14.1. The van der Waals surface area contributed by atoms with Gasteiger partial charge in [-0.2, -0.15) is 13.2 Å². The molecule has 0 aromatic heterocycles. The number of hydrogen-bond acceptors (Lipinski definition) is 6. The molecule has 4 N–H and O–H groups in total. The molecule has 0 radical (unpaired) electrons. The van der Waals surface area contributed by atoms with Crippen LogP contribution in [0.4, 0.5) is 30.2 Å². The van der Waals surface area contributed by atoms with Crippen LogP contribution in [-0.2, 0) is 0 Å². The highest BCUT2D eigenvalue weighted by molar-refractivity contribution is 5.86. The summed E-state index contributed by atoms with van der Waals surface area (Å²) in [6.45, 7) is 1.14. The van der Waals surface area contributed by atoms with E-state index in [0.717, 1.165) is 0 Å². The van der Waals surface area contributed by atoms with Crippen LogP contribution in [0.15, 0.2) is 41.6 Å². The molecule has 3 rings (SSSR count). The molecule has 1 aliphatic heterocycles. The number of halogens is 3. The summed E-state index contributed by atoms with van der Waals surface area (Å²) in [6.07, 6.45) is -7.38. The SMILES string of the molecule is Nc1c(N=O)cc(-c2cccc(C(O)C(F)(F)F)c2)cc1N1CC(CO)C1. The van der Waals surface area contributed by atoms with Gasteiger partial charge in [0.25, 0.3) is 0 Å². The Morgan fingerprint density at radius 1 is 1.22 bits per heavy atom. The Bertz CT molecular complexity index is 851. The highest BCUT2D eigenvalue weighted by Crippen LogP contribution is 2.41. The molecule has 1 saturated heterocycles. The molecular weight excluding hydrogens is 363 g/mol. The molecule has 6 nitrogen and oxygen atoms in total. The molecule has 2 aromatic carbocycles. The van der Waals surface area contributed by atoms with Crippen molar-refractivity contribution in [3.63, 3.8) is 0 Å². The summed E-state index contributed by atoms with van der Waals surface area (Å²) in [4.78, 5) is 13.0. The first-order valence-corrected chi connectivity index (χ1v) is 8.22. The number of benzene rings is 2. The summed E-state index contributed by atoms with van der Waals surface area (Å²) < 4.78 is 38.4. The lowest BCUT2D eigenvalue weighted by molar-refractivity contribution is -0.206. The van der Waals surface area contributed by atoms with Crippen LogP contribution in [0.5, 0.6) is 0 Å². The van der Waals surface area contributed by atoms with Crippen LogP contribution in [0, 0.1) is 10.8 Å². The Morgan fingerprint density at radius 2 is 1.93 bits per heavy atom. The Labute approximate surface area is 153 Å². The van der Waals surface area contributed by atoms with Gasteiger partial charge in [-0.25, -0.2) is 0 Å². The first-order valence-electron chi connectivity index (χ1n) is 8.22. The van der Waals surface area contributed by atoms with Crippen molar-refractivity contribution in [2.75, 3.05) is 30.3 Å². The van der Waals surface area contributed by atoms with Gasteiger partial charge >= 0.3 is 6.18 Å².